The predicted molar refractivity (Wildman–Crippen MR) is 133 cm³/mol. The first kappa shape index (κ1) is 21.7. The molecule has 5 aromatic rings. The maximum Gasteiger partial charge on any atom is 0.290 e. The molecular formula is C28H21N3O5. The highest BCUT2D eigenvalue weighted by Crippen LogP contribution is 2.43. The zero-order chi connectivity index (χ0) is 24.8. The van der Waals surface area contributed by atoms with E-state index in [9.17, 15) is 14.7 Å². The number of methoxy groups -OCH3 is 1. The van der Waals surface area contributed by atoms with E-state index in [0.717, 1.165) is 10.9 Å². The van der Waals surface area contributed by atoms with Crippen LogP contribution < -0.4 is 4.74 Å². The zero-order valence-electron chi connectivity index (χ0n) is 19.3. The lowest BCUT2D eigenvalue weighted by Gasteiger charge is -2.26. The summed E-state index contributed by atoms with van der Waals surface area (Å²) in [7, 11) is 1.52. The smallest absolute Gasteiger partial charge is 0.290 e. The highest BCUT2D eigenvalue weighted by Gasteiger charge is 2.45. The van der Waals surface area contributed by atoms with Crippen LogP contribution in [0.25, 0.3) is 21.9 Å². The quantitative estimate of drug-likeness (QED) is 0.328. The van der Waals surface area contributed by atoms with Gasteiger partial charge < -0.3 is 24.1 Å². The number of aliphatic hydroxyl groups excluding tert-OH is 1. The largest absolute Gasteiger partial charge is 0.503 e. The maximum absolute atomic E-state index is 13.9. The summed E-state index contributed by atoms with van der Waals surface area (Å²) >= 11 is 0. The van der Waals surface area contributed by atoms with Crippen LogP contribution in [0.3, 0.4) is 0 Å². The number of nitrogens with zero attached hydrogens (tertiary/aromatic N) is 2. The number of Topliss-reactive ketones (excluding diaryl/α,β-unsaturated/α-hetero) is 1. The van der Waals surface area contributed by atoms with Crippen molar-refractivity contribution in [3.63, 3.8) is 0 Å². The molecular weight excluding hydrogens is 458 g/mol. The van der Waals surface area contributed by atoms with Crippen molar-refractivity contribution in [2.75, 3.05) is 7.11 Å². The van der Waals surface area contributed by atoms with Crippen molar-refractivity contribution < 1.29 is 23.8 Å². The fourth-order valence-electron chi connectivity index (χ4n) is 4.80. The molecule has 0 fully saturated rings. The third-order valence-electron chi connectivity index (χ3n) is 6.47. The van der Waals surface area contributed by atoms with Gasteiger partial charge in [-0.25, -0.2) is 0 Å². The number of aromatic nitrogens is 2. The maximum atomic E-state index is 13.9. The Kier molecular flexibility index (Phi) is 5.07. The van der Waals surface area contributed by atoms with Gasteiger partial charge in [-0.15, -0.1) is 0 Å². The molecule has 0 bridgehead atoms. The Labute approximate surface area is 205 Å². The highest BCUT2D eigenvalue weighted by atomic mass is 16.5. The molecule has 0 aliphatic carbocycles. The summed E-state index contributed by atoms with van der Waals surface area (Å²) in [5.74, 6) is -1.32. The summed E-state index contributed by atoms with van der Waals surface area (Å²) in [5, 5.41) is 12.5. The van der Waals surface area contributed by atoms with Crippen LogP contribution in [0.2, 0.25) is 0 Å². The molecule has 36 heavy (non-hydrogen) atoms. The van der Waals surface area contributed by atoms with E-state index < -0.39 is 23.5 Å². The van der Waals surface area contributed by atoms with Gasteiger partial charge in [0.2, 0.25) is 5.78 Å². The lowest BCUT2D eigenvalue weighted by molar-refractivity contribution is -0.130. The predicted octanol–water partition coefficient (Wildman–Crippen LogP) is 5.10. The molecule has 178 valence electrons. The molecule has 1 atom stereocenters. The summed E-state index contributed by atoms with van der Waals surface area (Å²) in [6.07, 6.45) is 3.40. The van der Waals surface area contributed by atoms with E-state index in [2.05, 4.69) is 9.97 Å². The van der Waals surface area contributed by atoms with Crippen molar-refractivity contribution in [2.24, 2.45) is 0 Å². The van der Waals surface area contributed by atoms with Crippen molar-refractivity contribution in [3.8, 4) is 5.75 Å². The third-order valence-corrected chi connectivity index (χ3v) is 6.47. The first-order valence-electron chi connectivity index (χ1n) is 11.4. The fourth-order valence-corrected chi connectivity index (χ4v) is 4.80. The number of aromatic amines is 1. The molecule has 1 amide bonds. The van der Waals surface area contributed by atoms with Gasteiger partial charge in [0.25, 0.3) is 5.91 Å². The molecule has 1 aliphatic rings. The van der Waals surface area contributed by atoms with Gasteiger partial charge in [0.05, 0.1) is 31.0 Å². The Morgan fingerprint density at radius 3 is 2.78 bits per heavy atom. The minimum Gasteiger partial charge on any atom is -0.503 e. The van der Waals surface area contributed by atoms with E-state index >= 15 is 0 Å². The Morgan fingerprint density at radius 2 is 1.97 bits per heavy atom. The second kappa shape index (κ2) is 8.42. The van der Waals surface area contributed by atoms with Crippen LogP contribution in [0.15, 0.2) is 94.9 Å². The number of benzene rings is 2. The van der Waals surface area contributed by atoms with Gasteiger partial charge in [0.15, 0.2) is 22.9 Å². The molecule has 1 aliphatic heterocycles. The summed E-state index contributed by atoms with van der Waals surface area (Å²) in [6.45, 7) is 0.110. The van der Waals surface area contributed by atoms with Crippen molar-refractivity contribution in [1.82, 2.24) is 14.9 Å². The number of carbonyl (C=O) groups excluding carboxylic acids is 2. The Balaban J connectivity index is 1.50. The number of hydrogen-bond acceptors (Lipinski definition) is 6. The number of amides is 1. The highest BCUT2D eigenvalue weighted by molar-refractivity contribution is 6.16. The average Bonchev–Trinajstić information content (AvgIpc) is 3.60. The van der Waals surface area contributed by atoms with Crippen molar-refractivity contribution in [2.45, 2.75) is 12.6 Å². The number of ketones is 1. The SMILES string of the molecule is COc1cccc2cc(C(=O)C3=C(O)C(=O)N(Cc4ccccn4)C3c3c[nH]c4ccccc34)oc12. The molecule has 1 unspecified atom stereocenters. The van der Waals surface area contributed by atoms with Gasteiger partial charge in [0, 0.05) is 34.2 Å². The van der Waals surface area contributed by atoms with E-state index in [1.54, 1.807) is 48.8 Å². The van der Waals surface area contributed by atoms with Crippen LogP contribution in [0, 0.1) is 0 Å². The monoisotopic (exact) mass is 479 g/mol. The number of hydrogen-bond donors (Lipinski definition) is 2. The molecule has 0 spiro atoms. The number of furan rings is 1. The molecule has 8 nitrogen and oxygen atoms in total. The number of aliphatic hydroxyl groups is 1. The van der Waals surface area contributed by atoms with Crippen molar-refractivity contribution in [3.05, 3.63) is 107 Å². The Bertz CT molecular complexity index is 1660. The van der Waals surface area contributed by atoms with Crippen LogP contribution in [-0.4, -0.2) is 38.8 Å². The number of rotatable bonds is 6. The Morgan fingerprint density at radius 1 is 1.14 bits per heavy atom. The van der Waals surface area contributed by atoms with Crippen LogP contribution in [0.1, 0.15) is 27.9 Å². The third kappa shape index (κ3) is 3.34. The van der Waals surface area contributed by atoms with Gasteiger partial charge in [-0.1, -0.05) is 36.4 Å². The Hall–Kier alpha value is -4.85. The molecule has 0 saturated carbocycles. The molecule has 3 aromatic heterocycles. The van der Waals surface area contributed by atoms with Gasteiger partial charge in [-0.05, 0) is 30.3 Å². The number of carbonyl (C=O) groups is 2. The number of H-pyrrole nitrogens is 1. The summed E-state index contributed by atoms with van der Waals surface area (Å²) in [6, 6.07) is 19.1. The van der Waals surface area contributed by atoms with E-state index in [1.807, 2.05) is 30.3 Å². The normalized spacial score (nSPS) is 15.9. The number of fused-ring (bicyclic) bond motifs is 2. The van der Waals surface area contributed by atoms with Crippen LogP contribution in [0.4, 0.5) is 0 Å². The first-order chi connectivity index (χ1) is 17.6. The summed E-state index contributed by atoms with van der Waals surface area (Å²) < 4.78 is 11.2. The standard InChI is InChI=1S/C28H21N3O5/c1-35-21-11-6-7-16-13-22(36-27(16)21)25(32)23-24(19-14-30-20-10-3-2-9-18(19)20)31(28(34)26(23)33)15-17-8-4-5-12-29-17/h2-14,24,30,33H,15H2,1H3. The number of ether oxygens (including phenoxy) is 1. The molecule has 8 heteroatoms. The van der Waals surface area contributed by atoms with Gasteiger partial charge in [-0.3, -0.25) is 14.6 Å². The van der Waals surface area contributed by atoms with Gasteiger partial charge in [0.1, 0.15) is 0 Å². The second-order valence-electron chi connectivity index (χ2n) is 8.53. The molecule has 0 saturated heterocycles. The van der Waals surface area contributed by atoms with E-state index in [1.165, 1.54) is 12.0 Å². The molecule has 2 aromatic carbocycles. The van der Waals surface area contributed by atoms with E-state index in [0.29, 0.717) is 28.0 Å². The topological polar surface area (TPSA) is 109 Å². The number of pyridine rings is 1. The second-order valence-corrected chi connectivity index (χ2v) is 8.53. The van der Waals surface area contributed by atoms with E-state index in [-0.39, 0.29) is 17.9 Å². The number of para-hydroxylation sites is 2. The molecule has 4 heterocycles. The average molecular weight is 479 g/mol. The van der Waals surface area contributed by atoms with Crippen molar-refractivity contribution >= 4 is 33.6 Å². The van der Waals surface area contributed by atoms with E-state index in [4.69, 9.17) is 9.15 Å². The van der Waals surface area contributed by atoms with Crippen LogP contribution >= 0.6 is 0 Å². The van der Waals surface area contributed by atoms with Gasteiger partial charge >= 0.3 is 0 Å². The summed E-state index contributed by atoms with van der Waals surface area (Å²) in [4.78, 5) is 36.2. The number of nitrogens with one attached hydrogen (secondary N) is 1. The zero-order valence-corrected chi connectivity index (χ0v) is 19.3. The summed E-state index contributed by atoms with van der Waals surface area (Å²) in [5.41, 5.74) is 2.55. The molecule has 6 rings (SSSR count). The lowest BCUT2D eigenvalue weighted by Crippen LogP contribution is -2.31. The lowest BCUT2D eigenvalue weighted by atomic mass is 9.94. The fraction of sp³-hybridized carbons (Fsp3) is 0.107. The minimum atomic E-state index is -0.849. The van der Waals surface area contributed by atoms with Gasteiger partial charge in [-0.2, -0.15) is 0 Å². The van der Waals surface area contributed by atoms with Crippen LogP contribution in [-0.2, 0) is 11.3 Å². The molecule has 2 N–H and O–H groups in total. The van der Waals surface area contributed by atoms with Crippen LogP contribution in [0.5, 0.6) is 5.75 Å². The van der Waals surface area contributed by atoms with Crippen molar-refractivity contribution in [1.29, 1.82) is 0 Å². The first-order valence-corrected chi connectivity index (χ1v) is 11.4. The molecule has 0 radical (unpaired) electrons. The minimum absolute atomic E-state index is 0.00776.